The lowest BCUT2D eigenvalue weighted by Crippen LogP contribution is -2.26. The van der Waals surface area contributed by atoms with Crippen LogP contribution in [0, 0.1) is 11.6 Å². The highest BCUT2D eigenvalue weighted by molar-refractivity contribution is 9.08. The largest absolute Gasteiger partial charge is 0.514 e. The summed E-state index contributed by atoms with van der Waals surface area (Å²) in [6.07, 6.45) is -1.01. The van der Waals surface area contributed by atoms with Crippen LogP contribution in [-0.4, -0.2) is 11.8 Å². The Balaban J connectivity index is 2.83. The van der Waals surface area contributed by atoms with Crippen molar-refractivity contribution in [3.8, 4) is 5.75 Å². The molecule has 1 aromatic carbocycles. The van der Waals surface area contributed by atoms with Gasteiger partial charge in [-0.25, -0.2) is 13.6 Å². The molecule has 3 nitrogen and oxygen atoms in total. The first kappa shape index (κ1) is 14.9. The first-order valence-corrected chi connectivity index (χ1v) is 6.30. The standard InChI is InChI=1S/C12H13BrF2O3/c1-12(2,3)18-11(16)17-7-4-9(14)8(6-13)10(15)5-7/h4-5H,6H2,1-3H3. The van der Waals surface area contributed by atoms with Gasteiger partial charge in [-0.05, 0) is 20.8 Å². The molecule has 0 unspecified atom stereocenters. The highest BCUT2D eigenvalue weighted by Gasteiger charge is 2.19. The minimum Gasteiger partial charge on any atom is -0.428 e. The third-order valence-corrected chi connectivity index (χ3v) is 2.40. The summed E-state index contributed by atoms with van der Waals surface area (Å²) in [6, 6.07) is 1.87. The lowest BCUT2D eigenvalue weighted by molar-refractivity contribution is 0.0205. The van der Waals surface area contributed by atoms with Gasteiger partial charge in [0.25, 0.3) is 0 Å². The van der Waals surface area contributed by atoms with E-state index in [1.54, 1.807) is 20.8 Å². The van der Waals surface area contributed by atoms with Crippen molar-refractivity contribution in [1.29, 1.82) is 0 Å². The van der Waals surface area contributed by atoms with Crippen molar-refractivity contribution in [2.75, 3.05) is 0 Å². The van der Waals surface area contributed by atoms with Gasteiger partial charge >= 0.3 is 6.16 Å². The fourth-order valence-electron chi connectivity index (χ4n) is 1.13. The van der Waals surface area contributed by atoms with Gasteiger partial charge in [0.15, 0.2) is 0 Å². The third-order valence-electron chi connectivity index (χ3n) is 1.84. The minimum absolute atomic E-state index is 0.0391. The first-order chi connectivity index (χ1) is 8.23. The quantitative estimate of drug-likeness (QED) is 0.465. The molecule has 0 spiro atoms. The summed E-state index contributed by atoms with van der Waals surface area (Å²) in [7, 11) is 0. The second-order valence-corrected chi connectivity index (χ2v) is 5.13. The molecule has 0 atom stereocenters. The van der Waals surface area contributed by atoms with E-state index in [0.717, 1.165) is 12.1 Å². The van der Waals surface area contributed by atoms with Crippen LogP contribution in [0.25, 0.3) is 0 Å². The van der Waals surface area contributed by atoms with E-state index in [1.807, 2.05) is 0 Å². The molecule has 0 fully saturated rings. The minimum atomic E-state index is -1.01. The fourth-order valence-corrected chi connectivity index (χ4v) is 1.67. The number of halogens is 3. The average Bonchev–Trinajstić information content (AvgIpc) is 2.13. The number of hydrogen-bond donors (Lipinski definition) is 0. The van der Waals surface area contributed by atoms with Gasteiger partial charge < -0.3 is 9.47 Å². The molecule has 0 radical (unpaired) electrons. The molecule has 0 heterocycles. The molecule has 6 heteroatoms. The zero-order valence-corrected chi connectivity index (χ0v) is 11.8. The van der Waals surface area contributed by atoms with Crippen LogP contribution in [0.3, 0.4) is 0 Å². The van der Waals surface area contributed by atoms with Crippen LogP contribution >= 0.6 is 15.9 Å². The highest BCUT2D eigenvalue weighted by Crippen LogP contribution is 2.23. The van der Waals surface area contributed by atoms with Crippen LogP contribution in [0.1, 0.15) is 26.3 Å². The highest BCUT2D eigenvalue weighted by atomic mass is 79.9. The lowest BCUT2D eigenvalue weighted by Gasteiger charge is -2.18. The Bertz CT molecular complexity index is 432. The summed E-state index contributed by atoms with van der Waals surface area (Å²) in [5.41, 5.74) is -0.851. The van der Waals surface area contributed by atoms with Crippen LogP contribution in [0.5, 0.6) is 5.75 Å². The summed E-state index contributed by atoms with van der Waals surface area (Å²) in [5.74, 6) is -1.81. The predicted molar refractivity (Wildman–Crippen MR) is 65.9 cm³/mol. The van der Waals surface area contributed by atoms with E-state index in [-0.39, 0.29) is 16.6 Å². The van der Waals surface area contributed by atoms with Gasteiger partial charge in [-0.1, -0.05) is 15.9 Å². The van der Waals surface area contributed by atoms with Gasteiger partial charge in [0, 0.05) is 23.0 Å². The number of hydrogen-bond acceptors (Lipinski definition) is 3. The Morgan fingerprint density at radius 1 is 1.28 bits per heavy atom. The van der Waals surface area contributed by atoms with Crippen molar-refractivity contribution < 1.29 is 23.0 Å². The summed E-state index contributed by atoms with van der Waals surface area (Å²) >= 11 is 2.96. The first-order valence-electron chi connectivity index (χ1n) is 5.17. The van der Waals surface area contributed by atoms with Crippen molar-refractivity contribution >= 4 is 22.1 Å². The molecule has 0 aliphatic heterocycles. The smallest absolute Gasteiger partial charge is 0.428 e. The molecule has 1 rings (SSSR count). The number of benzene rings is 1. The van der Waals surface area contributed by atoms with Gasteiger partial charge in [0.2, 0.25) is 0 Å². The Morgan fingerprint density at radius 3 is 2.17 bits per heavy atom. The summed E-state index contributed by atoms with van der Waals surface area (Å²) in [4.78, 5) is 11.3. The third kappa shape index (κ3) is 4.25. The van der Waals surface area contributed by atoms with E-state index >= 15 is 0 Å². The SMILES string of the molecule is CC(C)(C)OC(=O)Oc1cc(F)c(CBr)c(F)c1. The fraction of sp³-hybridized carbons (Fsp3) is 0.417. The molecule has 1 aromatic rings. The van der Waals surface area contributed by atoms with Crippen LogP contribution < -0.4 is 4.74 Å². The van der Waals surface area contributed by atoms with Gasteiger partial charge in [0.05, 0.1) is 0 Å². The monoisotopic (exact) mass is 322 g/mol. The molecule has 0 saturated carbocycles. The lowest BCUT2D eigenvalue weighted by atomic mass is 10.2. The van der Waals surface area contributed by atoms with Crippen molar-refractivity contribution in [3.05, 3.63) is 29.3 Å². The maximum atomic E-state index is 13.4. The Kier molecular flexibility index (Phi) is 4.67. The van der Waals surface area contributed by atoms with Crippen molar-refractivity contribution in [3.63, 3.8) is 0 Å². The summed E-state index contributed by atoms with van der Waals surface area (Å²) in [5, 5.41) is 0.0391. The predicted octanol–water partition coefficient (Wildman–Crippen LogP) is 4.17. The Hall–Kier alpha value is -1.17. The zero-order chi connectivity index (χ0) is 13.9. The topological polar surface area (TPSA) is 35.5 Å². The molecule has 0 bridgehead atoms. The summed E-state index contributed by atoms with van der Waals surface area (Å²) in [6.45, 7) is 4.97. The molecule has 18 heavy (non-hydrogen) atoms. The number of carbonyl (C=O) groups is 1. The van der Waals surface area contributed by atoms with Crippen LogP contribution in [0.4, 0.5) is 13.6 Å². The molecule has 100 valence electrons. The Labute approximate surface area is 112 Å². The molecular weight excluding hydrogens is 310 g/mol. The molecule has 0 amide bonds. The molecule has 0 aromatic heterocycles. The maximum Gasteiger partial charge on any atom is 0.514 e. The van der Waals surface area contributed by atoms with E-state index in [9.17, 15) is 13.6 Å². The van der Waals surface area contributed by atoms with Gasteiger partial charge in [-0.3, -0.25) is 0 Å². The van der Waals surface area contributed by atoms with E-state index < -0.39 is 23.4 Å². The molecular formula is C12H13BrF2O3. The van der Waals surface area contributed by atoms with Gasteiger partial charge in [-0.2, -0.15) is 0 Å². The van der Waals surface area contributed by atoms with Crippen LogP contribution in [0.2, 0.25) is 0 Å². The molecule has 0 N–H and O–H groups in total. The molecule has 0 aliphatic rings. The average molecular weight is 323 g/mol. The van der Waals surface area contributed by atoms with Crippen LogP contribution in [-0.2, 0) is 10.1 Å². The zero-order valence-electron chi connectivity index (χ0n) is 10.2. The summed E-state index contributed by atoms with van der Waals surface area (Å²) < 4.78 is 36.4. The van der Waals surface area contributed by atoms with Crippen molar-refractivity contribution in [2.24, 2.45) is 0 Å². The van der Waals surface area contributed by atoms with E-state index in [0.29, 0.717) is 0 Å². The Morgan fingerprint density at radius 2 is 1.78 bits per heavy atom. The van der Waals surface area contributed by atoms with E-state index in [4.69, 9.17) is 9.47 Å². The molecule has 0 aliphatic carbocycles. The van der Waals surface area contributed by atoms with Crippen molar-refractivity contribution in [1.82, 2.24) is 0 Å². The number of rotatable bonds is 2. The second kappa shape index (κ2) is 5.65. The second-order valence-electron chi connectivity index (χ2n) is 4.57. The van der Waals surface area contributed by atoms with Crippen LogP contribution in [0.15, 0.2) is 12.1 Å². The number of ether oxygens (including phenoxy) is 2. The van der Waals surface area contributed by atoms with Crippen molar-refractivity contribution in [2.45, 2.75) is 31.7 Å². The van der Waals surface area contributed by atoms with Gasteiger partial charge in [0.1, 0.15) is 23.0 Å². The maximum absolute atomic E-state index is 13.4. The number of alkyl halides is 1. The van der Waals surface area contributed by atoms with Gasteiger partial charge in [-0.15, -0.1) is 0 Å². The number of carbonyl (C=O) groups excluding carboxylic acids is 1. The van der Waals surface area contributed by atoms with E-state index in [1.165, 1.54) is 0 Å². The molecule has 0 saturated heterocycles. The normalized spacial score (nSPS) is 11.2. The van der Waals surface area contributed by atoms with E-state index in [2.05, 4.69) is 15.9 Å².